The molecule has 4 rings (SSSR count). The molecule has 2 aliphatic rings. The molecule has 1 aromatic carbocycles. The summed E-state index contributed by atoms with van der Waals surface area (Å²) in [6.07, 6.45) is -0.918. The number of rotatable bonds is 6. The van der Waals surface area contributed by atoms with Crippen molar-refractivity contribution in [2.45, 2.75) is 51.4 Å². The fourth-order valence-electron chi connectivity index (χ4n) is 4.26. The molecule has 0 saturated carbocycles. The van der Waals surface area contributed by atoms with E-state index < -0.39 is 12.8 Å². The molecular formula is C23H26F3NO5. The van der Waals surface area contributed by atoms with Crippen LogP contribution in [0.25, 0.3) is 11.3 Å². The molecule has 174 valence electrons. The minimum atomic E-state index is -4.48. The highest BCUT2D eigenvalue weighted by Crippen LogP contribution is 2.41. The van der Waals surface area contributed by atoms with E-state index in [0.717, 1.165) is 30.4 Å². The number of aromatic nitrogens is 1. The number of alkyl halides is 3. The zero-order chi connectivity index (χ0) is 22.9. The maximum absolute atomic E-state index is 12.8. The monoisotopic (exact) mass is 453 g/mol. The Kier molecular flexibility index (Phi) is 6.37. The van der Waals surface area contributed by atoms with Crippen molar-refractivity contribution < 1.29 is 32.1 Å². The van der Waals surface area contributed by atoms with Gasteiger partial charge in [0.15, 0.2) is 18.1 Å². The van der Waals surface area contributed by atoms with E-state index in [9.17, 15) is 18.0 Å². The quantitative estimate of drug-likeness (QED) is 0.654. The molecule has 0 amide bonds. The Bertz CT molecular complexity index is 1040. The Morgan fingerprint density at radius 3 is 2.62 bits per heavy atom. The average molecular weight is 453 g/mol. The van der Waals surface area contributed by atoms with Crippen LogP contribution in [0, 0.1) is 6.92 Å². The van der Waals surface area contributed by atoms with Crippen LogP contribution in [0.15, 0.2) is 23.0 Å². The molecule has 2 aromatic rings. The number of pyridine rings is 1. The third-order valence-electron chi connectivity index (χ3n) is 5.85. The fraction of sp³-hybridized carbons (Fsp3) is 0.522. The van der Waals surface area contributed by atoms with E-state index in [2.05, 4.69) is 0 Å². The minimum absolute atomic E-state index is 0.0131. The van der Waals surface area contributed by atoms with E-state index in [0.29, 0.717) is 43.2 Å². The molecule has 0 spiro atoms. The van der Waals surface area contributed by atoms with Crippen LogP contribution in [0.4, 0.5) is 13.2 Å². The standard InChI is InChI=1S/C23H26F3NO5/c1-14-18(31-12-16-5-3-4-8-30-16)11-21(28)27-7-6-15-9-19(29-2)20(10-17(15)22(14)27)32-13-23(24,25)26/h9-11,16H,3-8,12-13H2,1-2H3. The fourth-order valence-corrected chi connectivity index (χ4v) is 4.26. The molecular weight excluding hydrogens is 427 g/mol. The maximum atomic E-state index is 12.8. The predicted molar refractivity (Wildman–Crippen MR) is 112 cm³/mol. The molecule has 6 nitrogen and oxygen atoms in total. The summed E-state index contributed by atoms with van der Waals surface area (Å²) >= 11 is 0. The number of benzene rings is 1. The number of hydrogen-bond donors (Lipinski definition) is 0. The van der Waals surface area contributed by atoms with Crippen LogP contribution in [-0.2, 0) is 17.7 Å². The van der Waals surface area contributed by atoms with Crippen LogP contribution in [0.1, 0.15) is 30.4 Å². The lowest BCUT2D eigenvalue weighted by molar-refractivity contribution is -0.153. The van der Waals surface area contributed by atoms with Crippen LogP contribution in [0.5, 0.6) is 17.2 Å². The van der Waals surface area contributed by atoms with Gasteiger partial charge in [-0.3, -0.25) is 4.79 Å². The maximum Gasteiger partial charge on any atom is 0.422 e. The molecule has 0 radical (unpaired) electrons. The number of ether oxygens (including phenoxy) is 4. The van der Waals surface area contributed by atoms with Gasteiger partial charge in [-0.25, -0.2) is 0 Å². The molecule has 0 N–H and O–H groups in total. The summed E-state index contributed by atoms with van der Waals surface area (Å²) in [5.74, 6) is 0.658. The second-order valence-corrected chi connectivity index (χ2v) is 8.09. The van der Waals surface area contributed by atoms with Crippen molar-refractivity contribution in [2.24, 2.45) is 0 Å². The van der Waals surface area contributed by atoms with Crippen molar-refractivity contribution in [3.05, 3.63) is 39.7 Å². The number of fused-ring (bicyclic) bond motifs is 3. The minimum Gasteiger partial charge on any atom is -0.493 e. The van der Waals surface area contributed by atoms with Gasteiger partial charge in [0.25, 0.3) is 5.56 Å². The Morgan fingerprint density at radius 1 is 1.12 bits per heavy atom. The molecule has 0 aliphatic carbocycles. The van der Waals surface area contributed by atoms with Crippen LogP contribution >= 0.6 is 0 Å². The third-order valence-corrected chi connectivity index (χ3v) is 5.85. The Balaban J connectivity index is 1.70. The molecule has 2 aliphatic heterocycles. The van der Waals surface area contributed by atoms with E-state index >= 15 is 0 Å². The van der Waals surface area contributed by atoms with Crippen LogP contribution in [-0.4, -0.2) is 43.8 Å². The van der Waals surface area contributed by atoms with Crippen molar-refractivity contribution >= 4 is 0 Å². The van der Waals surface area contributed by atoms with Gasteiger partial charge in [-0.15, -0.1) is 0 Å². The predicted octanol–water partition coefficient (Wildman–Crippen LogP) is 4.28. The first kappa shape index (κ1) is 22.5. The van der Waals surface area contributed by atoms with Crippen LogP contribution < -0.4 is 19.8 Å². The number of hydrogen-bond acceptors (Lipinski definition) is 5. The molecule has 1 aromatic heterocycles. The van der Waals surface area contributed by atoms with E-state index in [1.165, 1.54) is 19.2 Å². The van der Waals surface area contributed by atoms with E-state index in [-0.39, 0.29) is 23.2 Å². The summed E-state index contributed by atoms with van der Waals surface area (Å²) in [4.78, 5) is 12.8. The van der Waals surface area contributed by atoms with Crippen molar-refractivity contribution in [3.8, 4) is 28.5 Å². The Hall–Kier alpha value is -2.68. The largest absolute Gasteiger partial charge is 0.493 e. The summed E-state index contributed by atoms with van der Waals surface area (Å²) in [6, 6.07) is 4.67. The lowest BCUT2D eigenvalue weighted by Gasteiger charge is -2.27. The van der Waals surface area contributed by atoms with Gasteiger partial charge in [-0.05, 0) is 50.3 Å². The van der Waals surface area contributed by atoms with Gasteiger partial charge >= 0.3 is 6.18 Å². The molecule has 1 atom stereocenters. The zero-order valence-electron chi connectivity index (χ0n) is 18.1. The van der Waals surface area contributed by atoms with Gasteiger partial charge in [-0.2, -0.15) is 13.2 Å². The van der Waals surface area contributed by atoms with Crippen molar-refractivity contribution in [2.75, 3.05) is 26.9 Å². The van der Waals surface area contributed by atoms with Gasteiger partial charge in [-0.1, -0.05) is 0 Å². The topological polar surface area (TPSA) is 58.9 Å². The number of methoxy groups -OCH3 is 1. The first-order valence-corrected chi connectivity index (χ1v) is 10.7. The Labute approximate surface area is 183 Å². The second-order valence-electron chi connectivity index (χ2n) is 8.09. The zero-order valence-corrected chi connectivity index (χ0v) is 18.1. The summed E-state index contributed by atoms with van der Waals surface area (Å²) in [5.41, 5.74) is 2.66. The molecule has 32 heavy (non-hydrogen) atoms. The lowest BCUT2D eigenvalue weighted by atomic mass is 9.93. The van der Waals surface area contributed by atoms with Gasteiger partial charge in [0, 0.05) is 30.3 Å². The normalized spacial score (nSPS) is 18.0. The Morgan fingerprint density at radius 2 is 1.94 bits per heavy atom. The highest BCUT2D eigenvalue weighted by atomic mass is 19.4. The third kappa shape index (κ3) is 4.72. The summed E-state index contributed by atoms with van der Waals surface area (Å²) < 4.78 is 61.7. The lowest BCUT2D eigenvalue weighted by Crippen LogP contribution is -2.29. The SMILES string of the molecule is COc1cc2c(cc1OCC(F)(F)F)-c1c(C)c(OCC3CCCCO3)cc(=O)n1CC2. The molecule has 9 heteroatoms. The first-order chi connectivity index (χ1) is 15.3. The molecule has 3 heterocycles. The molecule has 1 unspecified atom stereocenters. The second kappa shape index (κ2) is 9.05. The molecule has 1 saturated heterocycles. The van der Waals surface area contributed by atoms with E-state index in [4.69, 9.17) is 18.9 Å². The van der Waals surface area contributed by atoms with Crippen LogP contribution in [0.2, 0.25) is 0 Å². The smallest absolute Gasteiger partial charge is 0.422 e. The number of aryl methyl sites for hydroxylation is 1. The van der Waals surface area contributed by atoms with E-state index in [1.54, 1.807) is 10.6 Å². The van der Waals surface area contributed by atoms with Gasteiger partial charge < -0.3 is 23.5 Å². The summed E-state index contributed by atoms with van der Waals surface area (Å²) in [5, 5.41) is 0. The number of halogens is 3. The summed E-state index contributed by atoms with van der Waals surface area (Å²) in [7, 11) is 1.38. The summed E-state index contributed by atoms with van der Waals surface area (Å²) in [6.45, 7) is 1.92. The molecule has 0 bridgehead atoms. The highest BCUT2D eigenvalue weighted by molar-refractivity contribution is 5.74. The van der Waals surface area contributed by atoms with Gasteiger partial charge in [0.2, 0.25) is 0 Å². The first-order valence-electron chi connectivity index (χ1n) is 10.7. The van der Waals surface area contributed by atoms with Crippen molar-refractivity contribution in [1.82, 2.24) is 4.57 Å². The van der Waals surface area contributed by atoms with Crippen LogP contribution in [0.3, 0.4) is 0 Å². The van der Waals surface area contributed by atoms with Gasteiger partial charge in [0.1, 0.15) is 12.4 Å². The highest BCUT2D eigenvalue weighted by Gasteiger charge is 2.30. The van der Waals surface area contributed by atoms with Crippen molar-refractivity contribution in [3.63, 3.8) is 0 Å². The average Bonchev–Trinajstić information content (AvgIpc) is 2.78. The molecule has 1 fully saturated rings. The van der Waals surface area contributed by atoms with E-state index in [1.807, 2.05) is 6.92 Å². The van der Waals surface area contributed by atoms with Crippen molar-refractivity contribution in [1.29, 1.82) is 0 Å². The van der Waals surface area contributed by atoms with Gasteiger partial charge in [0.05, 0.1) is 18.9 Å². The number of nitrogens with zero attached hydrogens (tertiary/aromatic N) is 1.